The van der Waals surface area contributed by atoms with Crippen molar-refractivity contribution in [3.63, 3.8) is 0 Å². The molecule has 1 aromatic heterocycles. The topological polar surface area (TPSA) is 42.0 Å². The minimum atomic E-state index is -0.331. The van der Waals surface area contributed by atoms with Crippen LogP contribution in [0.2, 0.25) is 5.15 Å². The van der Waals surface area contributed by atoms with Gasteiger partial charge in [0.15, 0.2) is 0 Å². The predicted octanol–water partition coefficient (Wildman–Crippen LogP) is 4.39. The van der Waals surface area contributed by atoms with Crippen LogP contribution in [0, 0.1) is 12.7 Å². The number of pyridine rings is 1. The summed E-state index contributed by atoms with van der Waals surface area (Å²) in [6.07, 6.45) is 1.68. The fraction of sp³-hybridized carbons (Fsp3) is 0.250. The zero-order chi connectivity index (χ0) is 15.4. The highest BCUT2D eigenvalue weighted by atomic mass is 35.5. The number of carbonyl (C=O) groups excluding carboxylic acids is 1. The van der Waals surface area contributed by atoms with E-state index < -0.39 is 0 Å². The van der Waals surface area contributed by atoms with Crippen LogP contribution in [-0.2, 0) is 6.42 Å². The van der Waals surface area contributed by atoms with Crippen molar-refractivity contribution in [2.45, 2.75) is 26.7 Å². The Hall–Kier alpha value is -1.94. The predicted molar refractivity (Wildman–Crippen MR) is 82.3 cm³/mol. The first kappa shape index (κ1) is 15.4. The molecule has 0 aliphatic carbocycles. The Labute approximate surface area is 128 Å². The summed E-state index contributed by atoms with van der Waals surface area (Å²) < 4.78 is 13.1. The Morgan fingerprint density at radius 2 is 2.10 bits per heavy atom. The normalized spacial score (nSPS) is 10.5. The maximum Gasteiger partial charge on any atom is 0.255 e. The SMILES string of the molecule is CCCc1cc(C(=O)Nc2ccc(F)cc2C)cc(Cl)n1. The first-order valence-electron chi connectivity index (χ1n) is 6.73. The van der Waals surface area contributed by atoms with Crippen molar-refractivity contribution in [3.05, 3.63) is 58.1 Å². The zero-order valence-electron chi connectivity index (χ0n) is 11.9. The average Bonchev–Trinajstić information content (AvgIpc) is 2.41. The maximum absolute atomic E-state index is 13.1. The van der Waals surface area contributed by atoms with Gasteiger partial charge >= 0.3 is 0 Å². The number of benzene rings is 1. The van der Waals surface area contributed by atoms with E-state index in [0.29, 0.717) is 22.0 Å². The molecule has 0 atom stereocenters. The van der Waals surface area contributed by atoms with Crippen LogP contribution < -0.4 is 5.32 Å². The fourth-order valence-electron chi connectivity index (χ4n) is 2.03. The Bertz CT molecular complexity index is 673. The molecule has 0 unspecified atom stereocenters. The van der Waals surface area contributed by atoms with Gasteiger partial charge in [-0.2, -0.15) is 0 Å². The number of nitrogens with one attached hydrogen (secondary N) is 1. The Morgan fingerprint density at radius 1 is 1.33 bits per heavy atom. The number of halogens is 2. The number of anilines is 1. The molecule has 0 radical (unpaired) electrons. The van der Waals surface area contributed by atoms with Crippen LogP contribution in [-0.4, -0.2) is 10.9 Å². The lowest BCUT2D eigenvalue weighted by atomic mass is 10.1. The molecule has 21 heavy (non-hydrogen) atoms. The molecule has 1 heterocycles. The molecule has 3 nitrogen and oxygen atoms in total. The van der Waals surface area contributed by atoms with Gasteiger partial charge in [-0.15, -0.1) is 0 Å². The summed E-state index contributed by atoms with van der Waals surface area (Å²) in [6, 6.07) is 7.47. The second-order valence-corrected chi connectivity index (χ2v) is 5.22. The quantitative estimate of drug-likeness (QED) is 0.851. The summed E-state index contributed by atoms with van der Waals surface area (Å²) >= 11 is 5.94. The summed E-state index contributed by atoms with van der Waals surface area (Å²) in [5.74, 6) is -0.617. The maximum atomic E-state index is 13.1. The Balaban J connectivity index is 2.23. The Morgan fingerprint density at radius 3 is 2.76 bits per heavy atom. The fourth-order valence-corrected chi connectivity index (χ4v) is 2.25. The van der Waals surface area contributed by atoms with Gasteiger partial charge in [-0.3, -0.25) is 4.79 Å². The lowest BCUT2D eigenvalue weighted by molar-refractivity contribution is 0.102. The van der Waals surface area contributed by atoms with Gasteiger partial charge in [0, 0.05) is 16.9 Å². The van der Waals surface area contributed by atoms with Crippen molar-refractivity contribution in [3.8, 4) is 0 Å². The summed E-state index contributed by atoms with van der Waals surface area (Å²) in [6.45, 7) is 3.77. The summed E-state index contributed by atoms with van der Waals surface area (Å²) in [4.78, 5) is 16.4. The van der Waals surface area contributed by atoms with Gasteiger partial charge < -0.3 is 5.32 Å². The van der Waals surface area contributed by atoms with E-state index in [0.717, 1.165) is 18.5 Å². The zero-order valence-corrected chi connectivity index (χ0v) is 12.7. The summed E-state index contributed by atoms with van der Waals surface area (Å²) in [7, 11) is 0. The van der Waals surface area contributed by atoms with E-state index in [1.807, 2.05) is 6.92 Å². The molecule has 1 aromatic carbocycles. The van der Waals surface area contributed by atoms with Gasteiger partial charge in [-0.05, 0) is 49.2 Å². The van der Waals surface area contributed by atoms with E-state index in [1.165, 1.54) is 24.3 Å². The van der Waals surface area contributed by atoms with Crippen LogP contribution in [0.1, 0.15) is 35.0 Å². The Kier molecular flexibility index (Phi) is 4.91. The standard InChI is InChI=1S/C16H16ClFN2O/c1-3-4-13-8-11(9-15(17)19-13)16(21)20-14-6-5-12(18)7-10(14)2/h5-9H,3-4H2,1-2H3,(H,20,21). The molecule has 110 valence electrons. The molecule has 1 N–H and O–H groups in total. The number of aromatic nitrogens is 1. The highest BCUT2D eigenvalue weighted by Gasteiger charge is 2.11. The van der Waals surface area contributed by atoms with Crippen LogP contribution in [0.3, 0.4) is 0 Å². The van der Waals surface area contributed by atoms with E-state index >= 15 is 0 Å². The third-order valence-electron chi connectivity index (χ3n) is 3.05. The third-order valence-corrected chi connectivity index (χ3v) is 3.25. The van der Waals surface area contributed by atoms with Crippen molar-refractivity contribution in [1.29, 1.82) is 0 Å². The molecular formula is C16H16ClFN2O. The number of aryl methyl sites for hydroxylation is 2. The van der Waals surface area contributed by atoms with Crippen LogP contribution in [0.25, 0.3) is 0 Å². The van der Waals surface area contributed by atoms with Gasteiger partial charge in [0.2, 0.25) is 0 Å². The molecule has 0 aliphatic heterocycles. The van der Waals surface area contributed by atoms with Gasteiger partial charge in [-0.25, -0.2) is 9.37 Å². The minimum Gasteiger partial charge on any atom is -0.322 e. The third kappa shape index (κ3) is 4.02. The number of carbonyl (C=O) groups is 1. The number of hydrogen-bond donors (Lipinski definition) is 1. The van der Waals surface area contributed by atoms with Gasteiger partial charge in [0.05, 0.1) is 0 Å². The monoisotopic (exact) mass is 306 g/mol. The largest absolute Gasteiger partial charge is 0.322 e. The number of nitrogens with zero attached hydrogens (tertiary/aromatic N) is 1. The first-order chi connectivity index (χ1) is 9.99. The molecule has 5 heteroatoms. The van der Waals surface area contributed by atoms with Gasteiger partial charge in [0.1, 0.15) is 11.0 Å². The van der Waals surface area contributed by atoms with E-state index in [2.05, 4.69) is 10.3 Å². The molecule has 0 saturated carbocycles. The molecule has 0 bridgehead atoms. The van der Waals surface area contributed by atoms with Crippen molar-refractivity contribution >= 4 is 23.2 Å². The summed E-state index contributed by atoms with van der Waals surface area (Å²) in [5, 5.41) is 3.05. The molecule has 0 fully saturated rings. The van der Waals surface area contributed by atoms with E-state index in [-0.39, 0.29) is 11.7 Å². The molecule has 1 amide bonds. The van der Waals surface area contributed by atoms with Crippen LogP contribution in [0.15, 0.2) is 30.3 Å². The lowest BCUT2D eigenvalue weighted by Gasteiger charge is -2.09. The smallest absolute Gasteiger partial charge is 0.255 e. The number of rotatable bonds is 4. The highest BCUT2D eigenvalue weighted by molar-refractivity contribution is 6.29. The lowest BCUT2D eigenvalue weighted by Crippen LogP contribution is -2.13. The van der Waals surface area contributed by atoms with Gasteiger partial charge in [-0.1, -0.05) is 24.9 Å². The van der Waals surface area contributed by atoms with Crippen molar-refractivity contribution < 1.29 is 9.18 Å². The van der Waals surface area contributed by atoms with E-state index in [1.54, 1.807) is 13.0 Å². The molecular weight excluding hydrogens is 291 g/mol. The first-order valence-corrected chi connectivity index (χ1v) is 7.11. The van der Waals surface area contributed by atoms with Crippen LogP contribution >= 0.6 is 11.6 Å². The second-order valence-electron chi connectivity index (χ2n) is 4.83. The van der Waals surface area contributed by atoms with Crippen molar-refractivity contribution in [2.75, 3.05) is 5.32 Å². The number of hydrogen-bond acceptors (Lipinski definition) is 2. The van der Waals surface area contributed by atoms with E-state index in [4.69, 9.17) is 11.6 Å². The van der Waals surface area contributed by atoms with Gasteiger partial charge in [0.25, 0.3) is 5.91 Å². The van der Waals surface area contributed by atoms with Crippen molar-refractivity contribution in [2.24, 2.45) is 0 Å². The summed E-state index contributed by atoms with van der Waals surface area (Å²) in [5.41, 5.74) is 2.47. The second kappa shape index (κ2) is 6.68. The van der Waals surface area contributed by atoms with Crippen LogP contribution in [0.5, 0.6) is 0 Å². The van der Waals surface area contributed by atoms with Crippen LogP contribution in [0.4, 0.5) is 10.1 Å². The highest BCUT2D eigenvalue weighted by Crippen LogP contribution is 2.18. The molecule has 2 rings (SSSR count). The van der Waals surface area contributed by atoms with E-state index in [9.17, 15) is 9.18 Å². The van der Waals surface area contributed by atoms with Crippen molar-refractivity contribution in [1.82, 2.24) is 4.98 Å². The molecule has 0 saturated heterocycles. The molecule has 0 aliphatic rings. The minimum absolute atomic E-state index is 0.286. The molecule has 0 spiro atoms. The average molecular weight is 307 g/mol. The molecule has 2 aromatic rings. The number of amides is 1.